The molecule has 1 aromatic heterocycles. The number of carbonyl (C=O) groups excluding carboxylic acids is 4. The number of anilines is 1. The van der Waals surface area contributed by atoms with Crippen LogP contribution < -0.4 is 15.8 Å². The third-order valence-electron chi connectivity index (χ3n) is 7.71. The molecule has 1 saturated heterocycles. The third-order valence-corrected chi connectivity index (χ3v) is 9.72. The summed E-state index contributed by atoms with van der Waals surface area (Å²) in [6.07, 6.45) is -0.775. The standard InChI is InChI=1S/C34H29N5O7S2/c1-19(40)20-12-14-24(15-13-20)45-16-23-17-47-32-27(37-30(41)26(38-44)25-18-48-34(35)36-25)31(42)39(32)28(23)33(43)46-29(21-8-4-2-5-9-21)22-10-6-3-7-11-22/h2-15,18,27,29,32,44H,16-17H2,1H3,(H2,35,36)(H,37,41)/t27?,32-/m0/s1. The lowest BCUT2D eigenvalue weighted by molar-refractivity contribution is -0.154. The number of benzene rings is 3. The van der Waals surface area contributed by atoms with Crippen molar-refractivity contribution in [1.82, 2.24) is 15.2 Å². The number of ether oxygens (including phenoxy) is 2. The summed E-state index contributed by atoms with van der Waals surface area (Å²) in [5.41, 5.74) is 7.86. The van der Waals surface area contributed by atoms with Gasteiger partial charge in [-0.25, -0.2) is 9.78 Å². The molecule has 14 heteroatoms. The summed E-state index contributed by atoms with van der Waals surface area (Å²) >= 11 is 2.40. The molecule has 0 saturated carbocycles. The number of oxime groups is 1. The van der Waals surface area contributed by atoms with E-state index in [0.29, 0.717) is 16.9 Å². The lowest BCUT2D eigenvalue weighted by Gasteiger charge is -2.49. The van der Waals surface area contributed by atoms with E-state index in [4.69, 9.17) is 15.2 Å². The number of Topliss-reactive ketones (excluding diaryl/α,β-unsaturated/α-hetero) is 1. The highest BCUT2D eigenvalue weighted by Gasteiger charge is 2.55. The van der Waals surface area contributed by atoms with Crippen LogP contribution in [-0.4, -0.2) is 68.1 Å². The van der Waals surface area contributed by atoms with Crippen molar-refractivity contribution >= 4 is 57.5 Å². The molecule has 2 aliphatic heterocycles. The fourth-order valence-electron chi connectivity index (χ4n) is 5.31. The van der Waals surface area contributed by atoms with E-state index < -0.39 is 41.0 Å². The van der Waals surface area contributed by atoms with Crippen LogP contribution >= 0.6 is 23.1 Å². The molecule has 4 aromatic rings. The van der Waals surface area contributed by atoms with Crippen LogP contribution in [0, 0.1) is 0 Å². The molecule has 2 aliphatic rings. The smallest absolute Gasteiger partial charge is 0.356 e. The van der Waals surface area contributed by atoms with Gasteiger partial charge in [-0.3, -0.25) is 19.3 Å². The zero-order valence-electron chi connectivity index (χ0n) is 25.4. The molecule has 244 valence electrons. The quantitative estimate of drug-likeness (QED) is 0.0520. The summed E-state index contributed by atoms with van der Waals surface area (Å²) in [6, 6.07) is 24.1. The monoisotopic (exact) mass is 683 g/mol. The van der Waals surface area contributed by atoms with Gasteiger partial charge in [0.15, 0.2) is 22.7 Å². The van der Waals surface area contributed by atoms with Crippen LogP contribution in [0.4, 0.5) is 5.13 Å². The van der Waals surface area contributed by atoms with Crippen LogP contribution in [0.3, 0.4) is 0 Å². The van der Waals surface area contributed by atoms with Crippen LogP contribution in [0.1, 0.15) is 40.2 Å². The number of ketones is 1. The number of aromatic nitrogens is 1. The summed E-state index contributed by atoms with van der Waals surface area (Å²) in [6.45, 7) is 1.43. The normalized spacial score (nSPS) is 17.4. The van der Waals surface area contributed by atoms with Gasteiger partial charge in [0.2, 0.25) is 0 Å². The number of nitrogen functional groups attached to an aromatic ring is 1. The number of thiazole rings is 1. The van der Waals surface area contributed by atoms with Crippen LogP contribution in [-0.2, 0) is 19.1 Å². The first-order valence-electron chi connectivity index (χ1n) is 14.7. The molecule has 2 amide bonds. The Morgan fingerprint density at radius 2 is 1.69 bits per heavy atom. The number of thioether (sulfide) groups is 1. The summed E-state index contributed by atoms with van der Waals surface area (Å²) in [7, 11) is 0. The Kier molecular flexibility index (Phi) is 9.55. The van der Waals surface area contributed by atoms with Gasteiger partial charge in [0, 0.05) is 22.3 Å². The number of rotatable bonds is 11. The zero-order valence-corrected chi connectivity index (χ0v) is 27.1. The first-order valence-corrected chi connectivity index (χ1v) is 16.6. The SMILES string of the molecule is CC(=O)c1ccc(OCC2=C(C(=O)OC(c3ccccc3)c3ccccc3)N3C(=O)C(NC(=O)C(=NO)c4csc(N)n4)[C@@H]3SC2)cc1. The predicted octanol–water partition coefficient (Wildman–Crippen LogP) is 4.17. The van der Waals surface area contributed by atoms with Crippen LogP contribution in [0.15, 0.2) is 107 Å². The summed E-state index contributed by atoms with van der Waals surface area (Å²) in [5, 5.41) is 16.2. The maximum absolute atomic E-state index is 14.2. The Hall–Kier alpha value is -5.47. The summed E-state index contributed by atoms with van der Waals surface area (Å²) in [5.74, 6) is -1.45. The molecule has 1 fully saturated rings. The molecular weight excluding hydrogens is 655 g/mol. The van der Waals surface area contributed by atoms with Gasteiger partial charge < -0.3 is 25.7 Å². The second-order valence-corrected chi connectivity index (χ2v) is 12.8. The van der Waals surface area contributed by atoms with E-state index in [1.54, 1.807) is 24.3 Å². The van der Waals surface area contributed by atoms with E-state index in [2.05, 4.69) is 15.5 Å². The number of amides is 2. The number of β-lactam (4-membered cyclic amide) rings is 1. The highest BCUT2D eigenvalue weighted by atomic mass is 32.2. The van der Waals surface area contributed by atoms with Gasteiger partial charge >= 0.3 is 5.97 Å². The fourth-order valence-corrected chi connectivity index (χ4v) is 7.18. The Morgan fingerprint density at radius 1 is 1.04 bits per heavy atom. The summed E-state index contributed by atoms with van der Waals surface area (Å²) in [4.78, 5) is 57.9. The van der Waals surface area contributed by atoms with Crippen LogP contribution in [0.5, 0.6) is 5.75 Å². The number of esters is 1. The molecule has 48 heavy (non-hydrogen) atoms. The van der Waals surface area contributed by atoms with E-state index in [-0.39, 0.29) is 34.7 Å². The number of carbonyl (C=O) groups is 4. The Balaban J connectivity index is 1.28. The van der Waals surface area contributed by atoms with Crippen molar-refractivity contribution in [3.63, 3.8) is 0 Å². The van der Waals surface area contributed by atoms with Gasteiger partial charge in [-0.1, -0.05) is 65.8 Å². The second kappa shape index (κ2) is 14.1. The molecule has 3 heterocycles. The summed E-state index contributed by atoms with van der Waals surface area (Å²) < 4.78 is 12.2. The van der Waals surface area contributed by atoms with E-state index in [0.717, 1.165) is 22.5 Å². The van der Waals surface area contributed by atoms with Crippen molar-refractivity contribution in [3.8, 4) is 5.75 Å². The van der Waals surface area contributed by atoms with E-state index >= 15 is 0 Å². The van der Waals surface area contributed by atoms with Crippen molar-refractivity contribution < 1.29 is 33.9 Å². The van der Waals surface area contributed by atoms with E-state index in [1.807, 2.05) is 60.7 Å². The van der Waals surface area contributed by atoms with Crippen molar-refractivity contribution in [2.24, 2.45) is 5.16 Å². The predicted molar refractivity (Wildman–Crippen MR) is 180 cm³/mol. The lowest BCUT2D eigenvalue weighted by atomic mass is 10.0. The molecule has 0 bridgehead atoms. The molecule has 6 rings (SSSR count). The highest BCUT2D eigenvalue weighted by Crippen LogP contribution is 2.42. The minimum atomic E-state index is -1.03. The van der Waals surface area contributed by atoms with Gasteiger partial charge in [-0.2, -0.15) is 0 Å². The average Bonchev–Trinajstić information content (AvgIpc) is 3.54. The van der Waals surface area contributed by atoms with Crippen LogP contribution in [0.25, 0.3) is 0 Å². The topological polar surface area (TPSA) is 174 Å². The fraction of sp³-hybridized carbons (Fsp3) is 0.176. The average molecular weight is 684 g/mol. The minimum Gasteiger partial charge on any atom is -0.489 e. The molecule has 0 aliphatic carbocycles. The van der Waals surface area contributed by atoms with Crippen molar-refractivity contribution in [2.75, 3.05) is 18.1 Å². The number of hydrogen-bond donors (Lipinski definition) is 3. The van der Waals surface area contributed by atoms with E-state index in [9.17, 15) is 24.4 Å². The molecule has 0 spiro atoms. The maximum Gasteiger partial charge on any atom is 0.356 e. The minimum absolute atomic E-state index is 0.0230. The lowest BCUT2D eigenvalue weighted by Crippen LogP contribution is -2.71. The number of hydrogen-bond acceptors (Lipinski definition) is 12. The van der Waals surface area contributed by atoms with E-state index in [1.165, 1.54) is 29.0 Å². The van der Waals surface area contributed by atoms with Crippen LogP contribution in [0.2, 0.25) is 0 Å². The number of nitrogens with two attached hydrogens (primary N) is 1. The molecule has 3 aromatic carbocycles. The number of nitrogens with zero attached hydrogens (tertiary/aromatic N) is 3. The molecular formula is C34H29N5O7S2. The van der Waals surface area contributed by atoms with Gasteiger partial charge in [0.05, 0.1) is 0 Å². The third kappa shape index (κ3) is 6.66. The molecule has 0 radical (unpaired) electrons. The Labute approximate surface area is 283 Å². The Morgan fingerprint density at radius 3 is 2.25 bits per heavy atom. The first-order chi connectivity index (χ1) is 23.2. The number of nitrogens with one attached hydrogen (secondary N) is 1. The molecule has 12 nitrogen and oxygen atoms in total. The first kappa shape index (κ1) is 32.5. The number of fused-ring (bicyclic) bond motifs is 1. The van der Waals surface area contributed by atoms with Gasteiger partial charge in [0.1, 0.15) is 35.2 Å². The highest BCUT2D eigenvalue weighted by molar-refractivity contribution is 8.00. The largest absolute Gasteiger partial charge is 0.489 e. The van der Waals surface area contributed by atoms with Crippen molar-refractivity contribution in [2.45, 2.75) is 24.4 Å². The van der Waals surface area contributed by atoms with Crippen molar-refractivity contribution in [3.05, 3.63) is 124 Å². The molecule has 1 unspecified atom stereocenters. The zero-order chi connectivity index (χ0) is 33.8. The van der Waals surface area contributed by atoms with Gasteiger partial charge in [-0.15, -0.1) is 23.1 Å². The molecule has 4 N–H and O–H groups in total. The van der Waals surface area contributed by atoms with Crippen molar-refractivity contribution in [1.29, 1.82) is 0 Å². The maximum atomic E-state index is 14.2. The molecule has 2 atom stereocenters. The van der Waals surface area contributed by atoms with Gasteiger partial charge in [0.25, 0.3) is 11.8 Å². The Bertz CT molecular complexity index is 1870. The second-order valence-electron chi connectivity index (χ2n) is 10.8. The van der Waals surface area contributed by atoms with Gasteiger partial charge in [-0.05, 0) is 42.3 Å².